The molecule has 0 saturated heterocycles. The summed E-state index contributed by atoms with van der Waals surface area (Å²) in [6, 6.07) is 6.78. The second kappa shape index (κ2) is 5.90. The van der Waals surface area contributed by atoms with Crippen LogP contribution in [0.15, 0.2) is 45.9 Å². The van der Waals surface area contributed by atoms with Crippen molar-refractivity contribution in [3.63, 3.8) is 0 Å². The Labute approximate surface area is 128 Å². The third kappa shape index (κ3) is 3.45. The van der Waals surface area contributed by atoms with Gasteiger partial charge in [0.05, 0.1) is 17.0 Å². The monoisotopic (exact) mass is 373 g/mol. The van der Waals surface area contributed by atoms with Gasteiger partial charge in [-0.3, -0.25) is 4.98 Å². The quantitative estimate of drug-likeness (QED) is 0.890. The van der Waals surface area contributed by atoms with Gasteiger partial charge in [-0.2, -0.15) is 0 Å². The van der Waals surface area contributed by atoms with Gasteiger partial charge in [0, 0.05) is 10.7 Å². The van der Waals surface area contributed by atoms with E-state index in [-0.39, 0.29) is 10.2 Å². The summed E-state index contributed by atoms with van der Waals surface area (Å²) in [5.74, 6) is -3.33. The molecule has 2 rings (SSSR count). The molecule has 1 N–H and O–H groups in total. The normalized spacial score (nSPS) is 11.3. The van der Waals surface area contributed by atoms with Crippen LogP contribution in [0.1, 0.15) is 16.1 Å². The number of carbonyl (C=O) groups is 1. The number of carboxylic acids is 1. The van der Waals surface area contributed by atoms with Gasteiger partial charge in [0.1, 0.15) is 4.90 Å². The van der Waals surface area contributed by atoms with Crippen LogP contribution >= 0.6 is 15.9 Å². The molecule has 1 heterocycles. The van der Waals surface area contributed by atoms with Crippen molar-refractivity contribution in [1.29, 1.82) is 0 Å². The lowest BCUT2D eigenvalue weighted by atomic mass is 10.2. The topological polar surface area (TPSA) is 84.3 Å². The highest BCUT2D eigenvalue weighted by Crippen LogP contribution is 2.26. The molecule has 0 saturated carbocycles. The van der Waals surface area contributed by atoms with Crippen molar-refractivity contribution in [3.05, 3.63) is 58.1 Å². The van der Waals surface area contributed by atoms with Crippen LogP contribution in [0.5, 0.6) is 0 Å². The molecule has 0 fully saturated rings. The van der Waals surface area contributed by atoms with E-state index in [4.69, 9.17) is 5.11 Å². The maximum Gasteiger partial charge on any atom is 0.338 e. The van der Waals surface area contributed by atoms with E-state index in [0.29, 0.717) is 0 Å². The number of carboxylic acid groups (broad SMARTS) is 1. The predicted octanol–water partition coefficient (Wildman–Crippen LogP) is 2.66. The molecule has 1 aromatic carbocycles. The lowest BCUT2D eigenvalue weighted by Gasteiger charge is -2.08. The standard InChI is InChI=1S/C13H9BrFNO4S/c14-8-5-10(13(17)18)12(15)11(6-8)21(19,20)7-9-3-1-2-4-16-9/h1-6H,7H2,(H,17,18). The van der Waals surface area contributed by atoms with Crippen LogP contribution in [-0.4, -0.2) is 24.5 Å². The van der Waals surface area contributed by atoms with Crippen molar-refractivity contribution in [2.75, 3.05) is 0 Å². The summed E-state index contributed by atoms with van der Waals surface area (Å²) in [5, 5.41) is 8.90. The number of rotatable bonds is 4. The van der Waals surface area contributed by atoms with Crippen LogP contribution in [0.25, 0.3) is 0 Å². The summed E-state index contributed by atoms with van der Waals surface area (Å²) in [6.45, 7) is 0. The smallest absolute Gasteiger partial charge is 0.338 e. The Morgan fingerprint density at radius 1 is 1.33 bits per heavy atom. The SMILES string of the molecule is O=C(O)c1cc(Br)cc(S(=O)(=O)Cc2ccccn2)c1F. The van der Waals surface area contributed by atoms with Crippen molar-refractivity contribution in [3.8, 4) is 0 Å². The van der Waals surface area contributed by atoms with Crippen LogP contribution in [-0.2, 0) is 15.6 Å². The number of nitrogens with zero attached hydrogens (tertiary/aromatic N) is 1. The van der Waals surface area contributed by atoms with Crippen LogP contribution in [0.4, 0.5) is 4.39 Å². The molecule has 0 radical (unpaired) electrons. The van der Waals surface area contributed by atoms with Gasteiger partial charge >= 0.3 is 5.97 Å². The molecule has 0 unspecified atom stereocenters. The molecule has 0 bridgehead atoms. The molecule has 110 valence electrons. The lowest BCUT2D eigenvalue weighted by Crippen LogP contribution is -2.12. The first-order valence-corrected chi connectivity index (χ1v) is 8.11. The third-order valence-corrected chi connectivity index (χ3v) is 4.73. The highest BCUT2D eigenvalue weighted by molar-refractivity contribution is 9.10. The van der Waals surface area contributed by atoms with Crippen molar-refractivity contribution in [2.45, 2.75) is 10.6 Å². The average molecular weight is 374 g/mol. The number of benzene rings is 1. The minimum atomic E-state index is -4.05. The largest absolute Gasteiger partial charge is 0.478 e. The molecule has 0 aliphatic carbocycles. The fraction of sp³-hybridized carbons (Fsp3) is 0.0769. The molecule has 0 aliphatic heterocycles. The van der Waals surface area contributed by atoms with E-state index < -0.39 is 37.8 Å². The van der Waals surface area contributed by atoms with Crippen molar-refractivity contribution in [2.24, 2.45) is 0 Å². The Balaban J connectivity index is 2.53. The average Bonchev–Trinajstić information content (AvgIpc) is 2.41. The van der Waals surface area contributed by atoms with Crippen LogP contribution < -0.4 is 0 Å². The Morgan fingerprint density at radius 2 is 2.05 bits per heavy atom. The number of hydrogen-bond donors (Lipinski definition) is 1. The molecular weight excluding hydrogens is 365 g/mol. The van der Waals surface area contributed by atoms with Gasteiger partial charge in [-0.15, -0.1) is 0 Å². The Hall–Kier alpha value is -1.80. The minimum absolute atomic E-state index is 0.167. The molecular formula is C13H9BrFNO4S. The predicted molar refractivity (Wildman–Crippen MR) is 76.2 cm³/mol. The Kier molecular flexibility index (Phi) is 4.38. The maximum atomic E-state index is 14.1. The summed E-state index contributed by atoms with van der Waals surface area (Å²) in [6.07, 6.45) is 1.42. The summed E-state index contributed by atoms with van der Waals surface area (Å²) in [7, 11) is -4.05. The molecule has 0 aliphatic rings. The van der Waals surface area contributed by atoms with E-state index in [0.717, 1.165) is 12.1 Å². The van der Waals surface area contributed by atoms with E-state index in [2.05, 4.69) is 20.9 Å². The summed E-state index contributed by atoms with van der Waals surface area (Å²) in [5.41, 5.74) is -0.460. The summed E-state index contributed by atoms with van der Waals surface area (Å²) >= 11 is 2.98. The first kappa shape index (κ1) is 15.6. The van der Waals surface area contributed by atoms with Gasteiger partial charge in [-0.25, -0.2) is 17.6 Å². The van der Waals surface area contributed by atoms with Gasteiger partial charge in [0.2, 0.25) is 0 Å². The molecule has 1 aromatic heterocycles. The zero-order valence-corrected chi connectivity index (χ0v) is 12.9. The zero-order valence-electron chi connectivity index (χ0n) is 10.5. The van der Waals surface area contributed by atoms with Crippen molar-refractivity contribution in [1.82, 2.24) is 4.98 Å². The first-order valence-electron chi connectivity index (χ1n) is 5.66. The maximum absolute atomic E-state index is 14.1. The van der Waals surface area contributed by atoms with E-state index in [1.807, 2.05) is 0 Å². The highest BCUT2D eigenvalue weighted by Gasteiger charge is 2.25. The fourth-order valence-electron chi connectivity index (χ4n) is 1.70. The molecule has 0 amide bonds. The third-order valence-electron chi connectivity index (χ3n) is 2.63. The summed E-state index contributed by atoms with van der Waals surface area (Å²) < 4.78 is 38.8. The van der Waals surface area contributed by atoms with Gasteiger partial charge in [-0.1, -0.05) is 22.0 Å². The Morgan fingerprint density at radius 3 is 2.62 bits per heavy atom. The number of aromatic nitrogens is 1. The number of aromatic carboxylic acids is 1. The number of halogens is 2. The summed E-state index contributed by atoms with van der Waals surface area (Å²) in [4.78, 5) is 14.1. The first-order chi connectivity index (χ1) is 9.81. The second-order valence-electron chi connectivity index (χ2n) is 4.15. The van der Waals surface area contributed by atoms with E-state index >= 15 is 0 Å². The number of hydrogen-bond acceptors (Lipinski definition) is 4. The van der Waals surface area contributed by atoms with Crippen LogP contribution in [0.2, 0.25) is 0 Å². The Bertz CT molecular complexity index is 793. The van der Waals surface area contributed by atoms with E-state index in [1.165, 1.54) is 12.3 Å². The minimum Gasteiger partial charge on any atom is -0.478 e. The zero-order chi connectivity index (χ0) is 15.6. The van der Waals surface area contributed by atoms with Crippen molar-refractivity contribution >= 4 is 31.7 Å². The molecule has 5 nitrogen and oxygen atoms in total. The van der Waals surface area contributed by atoms with Gasteiger partial charge < -0.3 is 5.11 Å². The second-order valence-corrected chi connectivity index (χ2v) is 7.02. The number of pyridine rings is 1. The highest BCUT2D eigenvalue weighted by atomic mass is 79.9. The van der Waals surface area contributed by atoms with Crippen molar-refractivity contribution < 1.29 is 22.7 Å². The molecule has 0 atom stereocenters. The number of sulfone groups is 1. The van der Waals surface area contributed by atoms with Gasteiger partial charge in [0.15, 0.2) is 15.7 Å². The fourth-order valence-corrected chi connectivity index (χ4v) is 3.72. The molecule has 21 heavy (non-hydrogen) atoms. The van der Waals surface area contributed by atoms with Crippen LogP contribution in [0.3, 0.4) is 0 Å². The molecule has 0 spiro atoms. The lowest BCUT2D eigenvalue weighted by molar-refractivity contribution is 0.0691. The van der Waals surface area contributed by atoms with Crippen LogP contribution in [0, 0.1) is 5.82 Å². The molecule has 2 aromatic rings. The van der Waals surface area contributed by atoms with Gasteiger partial charge in [-0.05, 0) is 24.3 Å². The van der Waals surface area contributed by atoms with E-state index in [9.17, 15) is 17.6 Å². The van der Waals surface area contributed by atoms with Gasteiger partial charge in [0.25, 0.3) is 0 Å². The molecule has 8 heteroatoms. The van der Waals surface area contributed by atoms with E-state index in [1.54, 1.807) is 12.1 Å².